The van der Waals surface area contributed by atoms with Crippen molar-refractivity contribution in [2.45, 2.75) is 17.8 Å². The van der Waals surface area contributed by atoms with E-state index in [0.717, 1.165) is 22.0 Å². The first-order valence-electron chi connectivity index (χ1n) is 8.13. The minimum atomic E-state index is -4.99. The van der Waals surface area contributed by atoms with Gasteiger partial charge in [0.15, 0.2) is 0 Å². The van der Waals surface area contributed by atoms with Gasteiger partial charge in [0, 0.05) is 19.6 Å². The number of nitrogens with zero attached hydrogens (tertiary/aromatic N) is 2. The van der Waals surface area contributed by atoms with Gasteiger partial charge in [-0.1, -0.05) is 42.5 Å². The molecule has 0 saturated carbocycles. The molecule has 0 fully saturated rings. The maximum absolute atomic E-state index is 13.1. The summed E-state index contributed by atoms with van der Waals surface area (Å²) in [4.78, 5) is 1.28. The molecule has 148 valence electrons. The normalized spacial score (nSPS) is 12.6. The number of ether oxygens (including phenoxy) is 1. The number of sulfonamides is 1. The van der Waals surface area contributed by atoms with Gasteiger partial charge in [-0.05, 0) is 31.8 Å². The lowest BCUT2D eigenvalue weighted by Crippen LogP contribution is -2.36. The third-order valence-electron chi connectivity index (χ3n) is 3.69. The quantitative estimate of drug-likeness (QED) is 0.680. The van der Waals surface area contributed by atoms with E-state index in [-0.39, 0.29) is 13.1 Å². The van der Waals surface area contributed by atoms with Gasteiger partial charge in [0.2, 0.25) is 10.0 Å². The Hall–Kier alpha value is -2.10. The molecule has 5 nitrogen and oxygen atoms in total. The van der Waals surface area contributed by atoms with Crippen LogP contribution in [0.15, 0.2) is 59.5 Å². The number of likely N-dealkylation sites (N-methyl/N-ethyl adjacent to an activating group) is 1. The molecular weight excluding hydrogens is 381 g/mol. The van der Waals surface area contributed by atoms with Crippen LogP contribution in [0.25, 0.3) is 0 Å². The summed E-state index contributed by atoms with van der Waals surface area (Å²) in [5.41, 5.74) is 0.731. The highest BCUT2D eigenvalue weighted by Crippen LogP contribution is 2.31. The fraction of sp³-hybridized carbons (Fsp3) is 0.333. The van der Waals surface area contributed by atoms with Crippen molar-refractivity contribution in [2.24, 2.45) is 0 Å². The van der Waals surface area contributed by atoms with Crippen molar-refractivity contribution >= 4 is 10.0 Å². The van der Waals surface area contributed by atoms with E-state index in [2.05, 4.69) is 4.74 Å². The van der Waals surface area contributed by atoms with E-state index in [1.165, 1.54) is 12.1 Å². The van der Waals surface area contributed by atoms with Gasteiger partial charge >= 0.3 is 6.36 Å². The molecular formula is C18H21F3N2O3S. The first-order valence-corrected chi connectivity index (χ1v) is 9.57. The molecule has 0 unspecified atom stereocenters. The highest BCUT2D eigenvalue weighted by Gasteiger charge is 2.35. The molecule has 0 aliphatic rings. The Bertz CT molecular complexity index is 840. The van der Waals surface area contributed by atoms with Gasteiger partial charge in [-0.3, -0.25) is 0 Å². The number of halogens is 3. The summed E-state index contributed by atoms with van der Waals surface area (Å²) in [6.07, 6.45) is -4.99. The average molecular weight is 402 g/mol. The van der Waals surface area contributed by atoms with Crippen molar-refractivity contribution in [1.29, 1.82) is 0 Å². The summed E-state index contributed by atoms with van der Waals surface area (Å²) >= 11 is 0. The number of hydrogen-bond acceptors (Lipinski definition) is 4. The standard InChI is InChI=1S/C18H21F3N2O3S/c1-22(2)12-13-23(14-15-8-4-3-5-9-15)27(24,25)17-11-7-6-10-16(17)26-18(19,20)21/h3-11H,12-14H2,1-2H3. The van der Waals surface area contributed by atoms with E-state index in [1.807, 2.05) is 0 Å². The number of para-hydroxylation sites is 1. The highest BCUT2D eigenvalue weighted by molar-refractivity contribution is 7.89. The van der Waals surface area contributed by atoms with Gasteiger partial charge in [-0.15, -0.1) is 13.2 Å². The first-order chi connectivity index (χ1) is 12.6. The molecule has 0 spiro atoms. The summed E-state index contributed by atoms with van der Waals surface area (Å²) in [7, 11) is -0.645. The summed E-state index contributed by atoms with van der Waals surface area (Å²) in [6.45, 7) is 0.566. The van der Waals surface area contributed by atoms with Crippen molar-refractivity contribution in [1.82, 2.24) is 9.21 Å². The minimum Gasteiger partial charge on any atom is -0.404 e. The zero-order valence-corrected chi connectivity index (χ0v) is 15.8. The Morgan fingerprint density at radius 1 is 0.926 bits per heavy atom. The molecule has 0 aromatic heterocycles. The Morgan fingerprint density at radius 3 is 2.11 bits per heavy atom. The van der Waals surface area contributed by atoms with Crippen LogP contribution in [0.5, 0.6) is 5.75 Å². The Labute approximate surface area is 157 Å². The molecule has 0 saturated heterocycles. The van der Waals surface area contributed by atoms with Crippen molar-refractivity contribution in [2.75, 3.05) is 27.2 Å². The molecule has 27 heavy (non-hydrogen) atoms. The van der Waals surface area contributed by atoms with Gasteiger partial charge in [0.25, 0.3) is 0 Å². The highest BCUT2D eigenvalue weighted by atomic mass is 32.2. The van der Waals surface area contributed by atoms with Crippen molar-refractivity contribution in [3.63, 3.8) is 0 Å². The Morgan fingerprint density at radius 2 is 1.52 bits per heavy atom. The molecule has 2 aromatic carbocycles. The predicted octanol–water partition coefficient (Wildman–Crippen LogP) is 3.34. The predicted molar refractivity (Wildman–Crippen MR) is 95.7 cm³/mol. The van der Waals surface area contributed by atoms with Crippen LogP contribution in [0.4, 0.5) is 13.2 Å². The molecule has 0 aliphatic heterocycles. The van der Waals surface area contributed by atoms with Crippen LogP contribution in [0.1, 0.15) is 5.56 Å². The van der Waals surface area contributed by atoms with Crippen LogP contribution >= 0.6 is 0 Å². The smallest absolute Gasteiger partial charge is 0.404 e. The molecule has 0 radical (unpaired) electrons. The zero-order valence-electron chi connectivity index (χ0n) is 15.0. The van der Waals surface area contributed by atoms with Crippen molar-refractivity contribution in [3.8, 4) is 5.75 Å². The lowest BCUT2D eigenvalue weighted by atomic mass is 10.2. The number of alkyl halides is 3. The molecule has 2 aromatic rings. The van der Waals surface area contributed by atoms with Crippen LogP contribution in [-0.4, -0.2) is 51.2 Å². The lowest BCUT2D eigenvalue weighted by Gasteiger charge is -2.25. The lowest BCUT2D eigenvalue weighted by molar-refractivity contribution is -0.275. The summed E-state index contributed by atoms with van der Waals surface area (Å²) in [5.74, 6) is -0.743. The fourth-order valence-corrected chi connectivity index (χ4v) is 3.93. The van der Waals surface area contributed by atoms with E-state index in [1.54, 1.807) is 49.3 Å². The van der Waals surface area contributed by atoms with Gasteiger partial charge in [0.05, 0.1) is 0 Å². The second-order valence-electron chi connectivity index (χ2n) is 6.12. The largest absolute Gasteiger partial charge is 0.573 e. The second-order valence-corrected chi connectivity index (χ2v) is 8.03. The van der Waals surface area contributed by atoms with E-state index in [4.69, 9.17) is 0 Å². The van der Waals surface area contributed by atoms with Crippen LogP contribution in [0.2, 0.25) is 0 Å². The van der Waals surface area contributed by atoms with Crippen LogP contribution < -0.4 is 4.74 Å². The molecule has 0 bridgehead atoms. The van der Waals surface area contributed by atoms with Gasteiger partial charge in [0.1, 0.15) is 10.6 Å². The number of hydrogen-bond donors (Lipinski definition) is 0. The molecule has 2 rings (SSSR count). The average Bonchev–Trinajstić information content (AvgIpc) is 2.58. The zero-order chi connectivity index (χ0) is 20.1. The van der Waals surface area contributed by atoms with Crippen molar-refractivity contribution in [3.05, 3.63) is 60.2 Å². The molecule has 0 amide bonds. The SMILES string of the molecule is CN(C)CCN(Cc1ccccc1)S(=O)(=O)c1ccccc1OC(F)(F)F. The number of benzene rings is 2. The van der Waals surface area contributed by atoms with E-state index in [9.17, 15) is 21.6 Å². The Kier molecular flexibility index (Phi) is 6.85. The second kappa shape index (κ2) is 8.73. The molecule has 0 heterocycles. The van der Waals surface area contributed by atoms with Gasteiger partial charge in [-0.25, -0.2) is 8.42 Å². The van der Waals surface area contributed by atoms with Gasteiger partial charge in [-0.2, -0.15) is 4.31 Å². The topological polar surface area (TPSA) is 49.9 Å². The monoisotopic (exact) mass is 402 g/mol. The third kappa shape index (κ3) is 6.23. The van der Waals surface area contributed by atoms with Crippen molar-refractivity contribution < 1.29 is 26.3 Å². The third-order valence-corrected chi connectivity index (χ3v) is 5.58. The summed E-state index contributed by atoms with van der Waals surface area (Å²) < 4.78 is 69.3. The Balaban J connectivity index is 2.41. The molecule has 9 heteroatoms. The molecule has 0 atom stereocenters. The van der Waals surface area contributed by atoms with Crippen LogP contribution in [0.3, 0.4) is 0 Å². The first kappa shape index (κ1) is 21.2. The van der Waals surface area contributed by atoms with Crippen LogP contribution in [-0.2, 0) is 16.6 Å². The maximum atomic E-state index is 13.1. The van der Waals surface area contributed by atoms with E-state index in [0.29, 0.717) is 6.54 Å². The molecule has 0 N–H and O–H groups in total. The summed E-state index contributed by atoms with van der Waals surface area (Å²) in [6, 6.07) is 13.6. The van der Waals surface area contributed by atoms with Crippen LogP contribution in [0, 0.1) is 0 Å². The maximum Gasteiger partial charge on any atom is 0.573 e. The van der Waals surface area contributed by atoms with Gasteiger partial charge < -0.3 is 9.64 Å². The fourth-order valence-electron chi connectivity index (χ4n) is 2.39. The van der Waals surface area contributed by atoms with E-state index >= 15 is 0 Å². The molecule has 0 aliphatic carbocycles. The van der Waals surface area contributed by atoms with E-state index < -0.39 is 27.0 Å². The minimum absolute atomic E-state index is 0.0391. The number of rotatable bonds is 8. The summed E-state index contributed by atoms with van der Waals surface area (Å²) in [5, 5.41) is 0.